The van der Waals surface area contributed by atoms with Crippen molar-refractivity contribution in [3.8, 4) is 6.19 Å². The van der Waals surface area contributed by atoms with Crippen molar-refractivity contribution in [3.05, 3.63) is 0 Å². The molecule has 0 aromatic rings. The molecule has 0 saturated carbocycles. The molecule has 0 amide bonds. The molecule has 0 aliphatic heterocycles. The molecule has 0 heterocycles. The summed E-state index contributed by atoms with van der Waals surface area (Å²) in [7, 11) is 0. The molecule has 0 aliphatic carbocycles. The van der Waals surface area contributed by atoms with Crippen LogP contribution in [0.2, 0.25) is 0 Å². The summed E-state index contributed by atoms with van der Waals surface area (Å²) in [5, 5.41) is 16.7. The second-order valence-electron chi connectivity index (χ2n) is 1.76. The van der Waals surface area contributed by atoms with Gasteiger partial charge < -0.3 is 10.0 Å². The number of rotatable bonds is 4. The number of nitrogens with zero attached hydrogens (tertiary/aromatic N) is 2. The van der Waals surface area contributed by atoms with Crippen molar-refractivity contribution >= 4 is 0 Å². The van der Waals surface area contributed by atoms with Crippen LogP contribution in [0.15, 0.2) is 0 Å². The van der Waals surface area contributed by atoms with Gasteiger partial charge in [-0.3, -0.25) is 0 Å². The van der Waals surface area contributed by atoms with E-state index in [0.717, 1.165) is 6.54 Å². The van der Waals surface area contributed by atoms with Crippen molar-refractivity contribution in [2.75, 3.05) is 19.7 Å². The fourth-order valence-electron chi connectivity index (χ4n) is 0.540. The molecular formula is C6H12N2O. The zero-order chi connectivity index (χ0) is 7.11. The fraction of sp³-hybridized carbons (Fsp3) is 0.833. The second kappa shape index (κ2) is 5.39. The molecule has 9 heavy (non-hydrogen) atoms. The van der Waals surface area contributed by atoms with Gasteiger partial charge >= 0.3 is 0 Å². The second-order valence-corrected chi connectivity index (χ2v) is 1.76. The molecule has 52 valence electrons. The van der Waals surface area contributed by atoms with E-state index < -0.39 is 0 Å². The summed E-state index contributed by atoms with van der Waals surface area (Å²) in [4.78, 5) is 1.61. The van der Waals surface area contributed by atoms with Crippen LogP contribution in [-0.4, -0.2) is 29.7 Å². The Kier molecular flexibility index (Phi) is 4.94. The van der Waals surface area contributed by atoms with Crippen molar-refractivity contribution in [1.29, 1.82) is 5.26 Å². The lowest BCUT2D eigenvalue weighted by atomic mass is 10.4. The van der Waals surface area contributed by atoms with E-state index >= 15 is 0 Å². The van der Waals surface area contributed by atoms with Gasteiger partial charge in [0.15, 0.2) is 6.19 Å². The van der Waals surface area contributed by atoms with Crippen LogP contribution in [-0.2, 0) is 0 Å². The molecule has 0 fully saturated rings. The van der Waals surface area contributed by atoms with Gasteiger partial charge in [-0.15, -0.1) is 0 Å². The zero-order valence-corrected chi connectivity index (χ0v) is 5.67. The average Bonchev–Trinajstić information content (AvgIpc) is 1.91. The summed E-state index contributed by atoms with van der Waals surface area (Å²) in [6, 6.07) is 0. The van der Waals surface area contributed by atoms with Crippen molar-refractivity contribution in [1.82, 2.24) is 4.90 Å². The average molecular weight is 128 g/mol. The number of hydrogen-bond acceptors (Lipinski definition) is 3. The van der Waals surface area contributed by atoms with Crippen LogP contribution in [0.3, 0.4) is 0 Å². The smallest absolute Gasteiger partial charge is 0.179 e. The Morgan fingerprint density at radius 3 is 2.67 bits per heavy atom. The summed E-state index contributed by atoms with van der Waals surface area (Å²) >= 11 is 0. The molecule has 0 rings (SSSR count). The van der Waals surface area contributed by atoms with Crippen LogP contribution in [0, 0.1) is 11.5 Å². The van der Waals surface area contributed by atoms with Gasteiger partial charge in [0.2, 0.25) is 0 Å². The standard InChI is InChI=1S/C6H12N2O/c1-2-8(6-7)4-3-5-9/h9H,2-5H2,1H3. The Morgan fingerprint density at radius 1 is 1.67 bits per heavy atom. The molecule has 0 aliphatic rings. The SMILES string of the molecule is CCN(C#N)CCCO. The molecule has 0 atom stereocenters. The molecule has 0 aromatic carbocycles. The molecule has 3 heteroatoms. The van der Waals surface area contributed by atoms with Crippen molar-refractivity contribution in [2.45, 2.75) is 13.3 Å². The van der Waals surface area contributed by atoms with Gasteiger partial charge in [-0.25, -0.2) is 0 Å². The Hall–Kier alpha value is -0.750. The maximum absolute atomic E-state index is 8.37. The van der Waals surface area contributed by atoms with Gasteiger partial charge in [0, 0.05) is 19.7 Å². The highest BCUT2D eigenvalue weighted by Gasteiger charge is 1.94. The minimum Gasteiger partial charge on any atom is -0.396 e. The maximum atomic E-state index is 8.37. The third kappa shape index (κ3) is 3.80. The fourth-order valence-corrected chi connectivity index (χ4v) is 0.540. The summed E-state index contributed by atoms with van der Waals surface area (Å²) in [6.07, 6.45) is 2.69. The van der Waals surface area contributed by atoms with Crippen LogP contribution < -0.4 is 0 Å². The van der Waals surface area contributed by atoms with Crippen LogP contribution in [0.1, 0.15) is 13.3 Å². The van der Waals surface area contributed by atoms with E-state index in [1.165, 1.54) is 0 Å². The van der Waals surface area contributed by atoms with E-state index in [9.17, 15) is 0 Å². The van der Waals surface area contributed by atoms with Crippen molar-refractivity contribution in [2.24, 2.45) is 0 Å². The highest BCUT2D eigenvalue weighted by atomic mass is 16.3. The van der Waals surface area contributed by atoms with Gasteiger partial charge in [-0.1, -0.05) is 0 Å². The van der Waals surface area contributed by atoms with Crippen LogP contribution in [0.4, 0.5) is 0 Å². The first-order valence-corrected chi connectivity index (χ1v) is 3.10. The van der Waals surface area contributed by atoms with Gasteiger partial charge in [0.25, 0.3) is 0 Å². The molecule has 0 bridgehead atoms. The topological polar surface area (TPSA) is 47.3 Å². The van der Waals surface area contributed by atoms with Crippen molar-refractivity contribution in [3.63, 3.8) is 0 Å². The quantitative estimate of drug-likeness (QED) is 0.433. The highest BCUT2D eigenvalue weighted by Crippen LogP contribution is 1.86. The Morgan fingerprint density at radius 2 is 2.33 bits per heavy atom. The summed E-state index contributed by atoms with van der Waals surface area (Å²) < 4.78 is 0. The monoisotopic (exact) mass is 128 g/mol. The minimum atomic E-state index is 0.165. The Labute approximate surface area is 55.5 Å². The first-order valence-electron chi connectivity index (χ1n) is 3.10. The third-order valence-electron chi connectivity index (χ3n) is 1.11. The molecule has 1 N–H and O–H groups in total. The first kappa shape index (κ1) is 8.25. The van der Waals surface area contributed by atoms with E-state index in [-0.39, 0.29) is 6.61 Å². The van der Waals surface area contributed by atoms with Gasteiger partial charge in [-0.2, -0.15) is 5.26 Å². The summed E-state index contributed by atoms with van der Waals surface area (Å²) in [5.74, 6) is 0. The minimum absolute atomic E-state index is 0.165. The molecular weight excluding hydrogens is 116 g/mol. The largest absolute Gasteiger partial charge is 0.396 e. The summed E-state index contributed by atoms with van der Waals surface area (Å²) in [6.45, 7) is 3.48. The molecule has 0 saturated heterocycles. The highest BCUT2D eigenvalue weighted by molar-refractivity contribution is 4.70. The van der Waals surface area contributed by atoms with Gasteiger partial charge in [-0.05, 0) is 13.3 Å². The lowest BCUT2D eigenvalue weighted by Crippen LogP contribution is -2.18. The number of aliphatic hydroxyl groups is 1. The Bertz CT molecular complexity index is 97.7. The Balaban J connectivity index is 3.23. The van der Waals surface area contributed by atoms with E-state index in [1.807, 2.05) is 13.1 Å². The maximum Gasteiger partial charge on any atom is 0.179 e. The molecule has 0 spiro atoms. The molecule has 0 unspecified atom stereocenters. The van der Waals surface area contributed by atoms with Crippen molar-refractivity contribution < 1.29 is 5.11 Å². The molecule has 0 aromatic heterocycles. The van der Waals surface area contributed by atoms with E-state index in [2.05, 4.69) is 0 Å². The van der Waals surface area contributed by atoms with E-state index in [0.29, 0.717) is 13.0 Å². The number of aliphatic hydroxyl groups excluding tert-OH is 1. The van der Waals surface area contributed by atoms with E-state index in [4.69, 9.17) is 10.4 Å². The van der Waals surface area contributed by atoms with E-state index in [1.54, 1.807) is 4.90 Å². The van der Waals surface area contributed by atoms with Crippen LogP contribution in [0.25, 0.3) is 0 Å². The first-order chi connectivity index (χ1) is 4.35. The third-order valence-corrected chi connectivity index (χ3v) is 1.11. The molecule has 3 nitrogen and oxygen atoms in total. The van der Waals surface area contributed by atoms with Gasteiger partial charge in [0.05, 0.1) is 0 Å². The lowest BCUT2D eigenvalue weighted by Gasteiger charge is -2.10. The predicted octanol–water partition coefficient (Wildman–Crippen LogP) is 0.172. The number of hydrogen-bond donors (Lipinski definition) is 1. The number of nitriles is 1. The normalized spacial score (nSPS) is 8.56. The zero-order valence-electron chi connectivity index (χ0n) is 5.67. The van der Waals surface area contributed by atoms with Crippen LogP contribution >= 0.6 is 0 Å². The summed E-state index contributed by atoms with van der Waals surface area (Å²) in [5.41, 5.74) is 0. The lowest BCUT2D eigenvalue weighted by molar-refractivity contribution is 0.265. The molecule has 0 radical (unpaired) electrons. The predicted molar refractivity (Wildman–Crippen MR) is 34.6 cm³/mol. The van der Waals surface area contributed by atoms with Gasteiger partial charge in [0.1, 0.15) is 0 Å². The van der Waals surface area contributed by atoms with Crippen LogP contribution in [0.5, 0.6) is 0 Å².